The Labute approximate surface area is 120 Å². The second-order valence-electron chi connectivity index (χ2n) is 7.09. The highest BCUT2D eigenvalue weighted by Gasteiger charge is 2.43. The molecule has 1 saturated heterocycles. The molecule has 116 valence electrons. The Morgan fingerprint density at radius 2 is 1.70 bits per heavy atom. The Bertz CT molecular complexity index is 517. The largest absolute Gasteiger partial charge is 0.342 e. The van der Waals surface area contributed by atoms with E-state index in [1.807, 2.05) is 20.8 Å². The van der Waals surface area contributed by atoms with Gasteiger partial charge in [-0.05, 0) is 19.3 Å². The van der Waals surface area contributed by atoms with Gasteiger partial charge in [0.2, 0.25) is 11.8 Å². The van der Waals surface area contributed by atoms with Gasteiger partial charge in [0.05, 0.1) is 11.3 Å². The first-order valence-electron chi connectivity index (χ1n) is 6.53. The summed E-state index contributed by atoms with van der Waals surface area (Å²) in [7, 11) is -3.32. The SMILES string of the molecule is CC(C)(C)C1NC(=O)CN(CC(C)(C)S(C)(=O)=O)C1=O. The molecule has 0 aromatic heterocycles. The summed E-state index contributed by atoms with van der Waals surface area (Å²) in [6, 6.07) is -0.626. The number of carbonyl (C=O) groups excluding carboxylic acids is 2. The molecular formula is C13H24N2O4S. The third-order valence-corrected chi connectivity index (χ3v) is 5.78. The van der Waals surface area contributed by atoms with E-state index in [-0.39, 0.29) is 24.9 Å². The second kappa shape index (κ2) is 5.02. The molecule has 0 aromatic rings. The summed E-state index contributed by atoms with van der Waals surface area (Å²) in [4.78, 5) is 25.5. The maximum Gasteiger partial charge on any atom is 0.246 e. The molecular weight excluding hydrogens is 280 g/mol. The maximum absolute atomic E-state index is 12.4. The fourth-order valence-corrected chi connectivity index (χ4v) is 2.39. The molecule has 1 unspecified atom stereocenters. The van der Waals surface area contributed by atoms with Crippen molar-refractivity contribution in [1.82, 2.24) is 10.2 Å². The first-order chi connectivity index (χ1) is 8.75. The van der Waals surface area contributed by atoms with E-state index < -0.39 is 26.0 Å². The van der Waals surface area contributed by atoms with E-state index in [2.05, 4.69) is 5.32 Å². The van der Waals surface area contributed by atoms with Crippen molar-refractivity contribution in [2.75, 3.05) is 19.3 Å². The molecule has 0 aliphatic carbocycles. The maximum atomic E-state index is 12.4. The predicted octanol–water partition coefficient (Wildman–Crippen LogP) is 0.183. The number of sulfone groups is 1. The molecule has 7 heteroatoms. The summed E-state index contributed by atoms with van der Waals surface area (Å²) >= 11 is 0. The molecule has 6 nitrogen and oxygen atoms in total. The number of amides is 2. The molecule has 1 aliphatic heterocycles. The molecule has 2 amide bonds. The smallest absolute Gasteiger partial charge is 0.246 e. The molecule has 0 aromatic carbocycles. The number of hydrogen-bond donors (Lipinski definition) is 1. The number of rotatable bonds is 3. The van der Waals surface area contributed by atoms with Gasteiger partial charge in [0.25, 0.3) is 0 Å². The second-order valence-corrected chi connectivity index (χ2v) is 9.74. The van der Waals surface area contributed by atoms with Crippen LogP contribution in [-0.2, 0) is 19.4 Å². The van der Waals surface area contributed by atoms with Gasteiger partial charge in [-0.2, -0.15) is 0 Å². The first-order valence-corrected chi connectivity index (χ1v) is 8.42. The highest BCUT2D eigenvalue weighted by atomic mass is 32.2. The Morgan fingerprint density at radius 3 is 2.10 bits per heavy atom. The van der Waals surface area contributed by atoms with Gasteiger partial charge in [-0.25, -0.2) is 8.42 Å². The van der Waals surface area contributed by atoms with Gasteiger partial charge in [0.1, 0.15) is 6.04 Å². The van der Waals surface area contributed by atoms with Crippen molar-refractivity contribution >= 4 is 21.7 Å². The van der Waals surface area contributed by atoms with Crippen LogP contribution < -0.4 is 5.32 Å². The minimum Gasteiger partial charge on any atom is -0.342 e. The van der Waals surface area contributed by atoms with Crippen LogP contribution in [-0.4, -0.2) is 55.3 Å². The van der Waals surface area contributed by atoms with Gasteiger partial charge in [-0.3, -0.25) is 9.59 Å². The third-order valence-electron chi connectivity index (χ3n) is 3.64. The topological polar surface area (TPSA) is 83.6 Å². The molecule has 20 heavy (non-hydrogen) atoms. The molecule has 0 radical (unpaired) electrons. The van der Waals surface area contributed by atoms with Gasteiger partial charge in [0.15, 0.2) is 9.84 Å². The van der Waals surface area contributed by atoms with Crippen molar-refractivity contribution in [3.05, 3.63) is 0 Å². The van der Waals surface area contributed by atoms with Crippen LogP contribution in [0.1, 0.15) is 34.6 Å². The Morgan fingerprint density at radius 1 is 1.20 bits per heavy atom. The minimum absolute atomic E-state index is 0.0185. The summed E-state index contributed by atoms with van der Waals surface area (Å²) in [5.74, 6) is -0.484. The standard InChI is InChI=1S/C13H24N2O4S/c1-12(2,3)10-11(17)15(7-9(16)14-10)8-13(4,5)20(6,18)19/h10H,7-8H2,1-6H3,(H,14,16). The minimum atomic E-state index is -3.32. The number of hydrogen-bond acceptors (Lipinski definition) is 4. The Kier molecular flexibility index (Phi) is 4.25. The van der Waals surface area contributed by atoms with Crippen molar-refractivity contribution in [3.8, 4) is 0 Å². The zero-order chi connectivity index (χ0) is 15.9. The van der Waals surface area contributed by atoms with Crippen LogP contribution >= 0.6 is 0 Å². The van der Waals surface area contributed by atoms with Crippen molar-refractivity contribution in [1.29, 1.82) is 0 Å². The third kappa shape index (κ3) is 3.50. The van der Waals surface area contributed by atoms with Gasteiger partial charge in [-0.1, -0.05) is 20.8 Å². The number of carbonyl (C=O) groups is 2. The summed E-state index contributed by atoms with van der Waals surface area (Å²) in [6.07, 6.45) is 1.14. The number of nitrogens with one attached hydrogen (secondary N) is 1. The lowest BCUT2D eigenvalue weighted by atomic mass is 9.84. The Hall–Kier alpha value is -1.11. The molecule has 1 N–H and O–H groups in total. The highest BCUT2D eigenvalue weighted by molar-refractivity contribution is 7.92. The van der Waals surface area contributed by atoms with Crippen LogP contribution in [0.3, 0.4) is 0 Å². The van der Waals surface area contributed by atoms with Crippen LogP contribution in [0.25, 0.3) is 0 Å². The fraction of sp³-hybridized carbons (Fsp3) is 0.846. The molecule has 0 saturated carbocycles. The zero-order valence-electron chi connectivity index (χ0n) is 13.0. The van der Waals surface area contributed by atoms with E-state index >= 15 is 0 Å². The van der Waals surface area contributed by atoms with Crippen molar-refractivity contribution in [3.63, 3.8) is 0 Å². The summed E-state index contributed by atoms with van der Waals surface area (Å²) < 4.78 is 22.4. The quantitative estimate of drug-likeness (QED) is 0.806. The predicted molar refractivity (Wildman–Crippen MR) is 76.9 cm³/mol. The molecule has 1 rings (SSSR count). The lowest BCUT2D eigenvalue weighted by molar-refractivity contribution is -0.147. The molecule has 0 bridgehead atoms. The van der Waals surface area contributed by atoms with Crippen molar-refractivity contribution in [2.24, 2.45) is 5.41 Å². The van der Waals surface area contributed by atoms with Crippen LogP contribution in [0.2, 0.25) is 0 Å². The van der Waals surface area contributed by atoms with E-state index in [9.17, 15) is 18.0 Å². The normalized spacial score (nSPS) is 21.9. The number of piperazine rings is 1. The van der Waals surface area contributed by atoms with E-state index in [4.69, 9.17) is 0 Å². The summed E-state index contributed by atoms with van der Waals surface area (Å²) in [5.41, 5.74) is -0.416. The fourth-order valence-electron chi connectivity index (χ4n) is 2.00. The van der Waals surface area contributed by atoms with Crippen molar-refractivity contribution < 1.29 is 18.0 Å². The zero-order valence-corrected chi connectivity index (χ0v) is 13.8. The molecule has 1 heterocycles. The molecule has 1 fully saturated rings. The summed E-state index contributed by atoms with van der Waals surface area (Å²) in [6.45, 7) is 8.64. The van der Waals surface area contributed by atoms with Gasteiger partial charge < -0.3 is 10.2 Å². The van der Waals surface area contributed by atoms with Gasteiger partial charge >= 0.3 is 0 Å². The van der Waals surface area contributed by atoms with E-state index in [0.717, 1.165) is 6.26 Å². The van der Waals surface area contributed by atoms with Gasteiger partial charge in [-0.15, -0.1) is 0 Å². The Balaban J connectivity index is 3.02. The van der Waals surface area contributed by atoms with Crippen molar-refractivity contribution in [2.45, 2.75) is 45.4 Å². The molecule has 0 spiro atoms. The lowest BCUT2D eigenvalue weighted by Gasteiger charge is -2.41. The van der Waals surface area contributed by atoms with Crippen LogP contribution in [0, 0.1) is 5.41 Å². The van der Waals surface area contributed by atoms with E-state index in [1.165, 1.54) is 4.90 Å². The average Bonchev–Trinajstić information content (AvgIpc) is 2.19. The van der Waals surface area contributed by atoms with Crippen LogP contribution in [0.4, 0.5) is 0 Å². The number of nitrogens with zero attached hydrogens (tertiary/aromatic N) is 1. The van der Waals surface area contributed by atoms with E-state index in [1.54, 1.807) is 13.8 Å². The lowest BCUT2D eigenvalue weighted by Crippen LogP contribution is -2.64. The first kappa shape index (κ1) is 16.9. The van der Waals surface area contributed by atoms with Crippen LogP contribution in [0.5, 0.6) is 0 Å². The monoisotopic (exact) mass is 304 g/mol. The molecule has 1 aliphatic rings. The van der Waals surface area contributed by atoms with Crippen LogP contribution in [0.15, 0.2) is 0 Å². The van der Waals surface area contributed by atoms with Gasteiger partial charge in [0, 0.05) is 12.8 Å². The average molecular weight is 304 g/mol. The molecule has 1 atom stereocenters. The summed E-state index contributed by atoms with van der Waals surface area (Å²) in [5, 5.41) is 2.68. The van der Waals surface area contributed by atoms with E-state index in [0.29, 0.717) is 0 Å². The highest BCUT2D eigenvalue weighted by Crippen LogP contribution is 2.25.